The van der Waals surface area contributed by atoms with E-state index in [0.29, 0.717) is 18.3 Å². The fraction of sp³-hybridized carbons (Fsp3) is 0.750. The van der Waals surface area contributed by atoms with Crippen LogP contribution in [-0.4, -0.2) is 19.5 Å². The summed E-state index contributed by atoms with van der Waals surface area (Å²) >= 11 is 0. The Morgan fingerprint density at radius 2 is 2.11 bits per heavy atom. The Hall–Kier alpha value is -0.670. The minimum atomic E-state index is -0.0537. The van der Waals surface area contributed by atoms with E-state index >= 15 is 0 Å². The summed E-state index contributed by atoms with van der Waals surface area (Å²) in [6.07, 6.45) is 11.6. The van der Waals surface area contributed by atoms with E-state index in [1.54, 1.807) is 6.08 Å². The van der Waals surface area contributed by atoms with Gasteiger partial charge in [0.1, 0.15) is 0 Å². The number of halogens is 1. The lowest BCUT2D eigenvalue weighted by molar-refractivity contribution is -0.196. The van der Waals surface area contributed by atoms with Gasteiger partial charge in [-0.1, -0.05) is 25.2 Å². The van der Waals surface area contributed by atoms with Crippen LogP contribution >= 0.6 is 0 Å². The first-order valence-corrected chi connectivity index (χ1v) is 7.52. The van der Waals surface area contributed by atoms with Crippen LogP contribution in [0.5, 0.6) is 0 Å². The smallest absolute Gasteiger partial charge is 0.157 e. The molecule has 0 aromatic carbocycles. The van der Waals surface area contributed by atoms with Crippen LogP contribution in [0.25, 0.3) is 0 Å². The quantitative estimate of drug-likeness (QED) is 0.689. The summed E-state index contributed by atoms with van der Waals surface area (Å²) < 4.78 is 24.4. The summed E-state index contributed by atoms with van der Waals surface area (Å²) in [5.41, 5.74) is 0. The van der Waals surface area contributed by atoms with Crippen LogP contribution < -0.4 is 0 Å². The van der Waals surface area contributed by atoms with Gasteiger partial charge in [-0.05, 0) is 44.4 Å². The molecule has 2 rings (SSSR count). The zero-order valence-corrected chi connectivity index (χ0v) is 11.8. The molecule has 1 heterocycles. The molecule has 1 atom stereocenters. The zero-order valence-electron chi connectivity index (χ0n) is 11.8. The molecule has 0 spiro atoms. The lowest BCUT2D eigenvalue weighted by Gasteiger charge is -2.29. The molecule has 0 N–H and O–H groups in total. The van der Waals surface area contributed by atoms with E-state index in [1.807, 2.05) is 0 Å². The molecule has 0 amide bonds. The van der Waals surface area contributed by atoms with Gasteiger partial charge in [0.05, 0.1) is 19.0 Å². The van der Waals surface area contributed by atoms with Crippen LogP contribution in [0.4, 0.5) is 4.39 Å². The topological polar surface area (TPSA) is 18.5 Å². The number of ether oxygens (including phenoxy) is 2. The Kier molecular flexibility index (Phi) is 6.05. The molecule has 1 saturated heterocycles. The third kappa shape index (κ3) is 5.07. The Bertz CT molecular complexity index is 317. The number of hydrogen-bond donors (Lipinski definition) is 0. The fourth-order valence-corrected chi connectivity index (χ4v) is 2.65. The molecule has 3 heteroatoms. The lowest BCUT2D eigenvalue weighted by atomic mass is 9.89. The number of hydrogen-bond acceptors (Lipinski definition) is 2. The van der Waals surface area contributed by atoms with Gasteiger partial charge in [0.25, 0.3) is 0 Å². The molecule has 19 heavy (non-hydrogen) atoms. The summed E-state index contributed by atoms with van der Waals surface area (Å²) in [7, 11) is 0. The summed E-state index contributed by atoms with van der Waals surface area (Å²) in [5.74, 6) is 1.07. The molecule has 108 valence electrons. The molecule has 0 radical (unpaired) electrons. The van der Waals surface area contributed by atoms with Crippen molar-refractivity contribution in [1.29, 1.82) is 0 Å². The van der Waals surface area contributed by atoms with Gasteiger partial charge in [-0.2, -0.15) is 0 Å². The SMILES string of the molecule is CCC=CC1COC(CCC2CC=C(F)CC2)OC1. The highest BCUT2D eigenvalue weighted by atomic mass is 19.1. The first-order valence-electron chi connectivity index (χ1n) is 7.52. The van der Waals surface area contributed by atoms with Crippen molar-refractivity contribution in [2.24, 2.45) is 11.8 Å². The van der Waals surface area contributed by atoms with Crippen molar-refractivity contribution in [2.75, 3.05) is 13.2 Å². The third-order valence-corrected chi connectivity index (χ3v) is 3.91. The van der Waals surface area contributed by atoms with Crippen molar-refractivity contribution >= 4 is 0 Å². The van der Waals surface area contributed by atoms with Gasteiger partial charge in [-0.25, -0.2) is 4.39 Å². The summed E-state index contributed by atoms with van der Waals surface area (Å²) in [4.78, 5) is 0. The van der Waals surface area contributed by atoms with Crippen LogP contribution in [0.15, 0.2) is 24.1 Å². The summed E-state index contributed by atoms with van der Waals surface area (Å²) in [6, 6.07) is 0. The monoisotopic (exact) mass is 268 g/mol. The second-order valence-electron chi connectivity index (χ2n) is 5.56. The van der Waals surface area contributed by atoms with E-state index in [0.717, 1.165) is 45.3 Å². The highest BCUT2D eigenvalue weighted by Gasteiger charge is 2.22. The maximum atomic E-state index is 12.9. The Labute approximate surface area is 115 Å². The Balaban J connectivity index is 1.62. The number of allylic oxidation sites excluding steroid dienone is 3. The van der Waals surface area contributed by atoms with Crippen molar-refractivity contribution in [3.63, 3.8) is 0 Å². The largest absolute Gasteiger partial charge is 0.352 e. The predicted molar refractivity (Wildman–Crippen MR) is 74.4 cm³/mol. The van der Waals surface area contributed by atoms with E-state index in [9.17, 15) is 4.39 Å². The minimum absolute atomic E-state index is 0.0537. The molecule has 0 saturated carbocycles. The van der Waals surface area contributed by atoms with Crippen LogP contribution in [0, 0.1) is 11.8 Å². The molecule has 0 aromatic rings. The van der Waals surface area contributed by atoms with Gasteiger partial charge in [-0.15, -0.1) is 0 Å². The van der Waals surface area contributed by atoms with E-state index in [4.69, 9.17) is 9.47 Å². The Morgan fingerprint density at radius 3 is 2.74 bits per heavy atom. The summed E-state index contributed by atoms with van der Waals surface area (Å²) in [6.45, 7) is 3.66. The van der Waals surface area contributed by atoms with Gasteiger partial charge in [0.15, 0.2) is 6.29 Å². The maximum Gasteiger partial charge on any atom is 0.157 e. The highest BCUT2D eigenvalue weighted by molar-refractivity contribution is 4.97. The molecule has 1 aliphatic carbocycles. The lowest BCUT2D eigenvalue weighted by Crippen LogP contribution is -2.31. The average molecular weight is 268 g/mol. The van der Waals surface area contributed by atoms with Gasteiger partial charge in [0.2, 0.25) is 0 Å². The second-order valence-corrected chi connectivity index (χ2v) is 5.56. The van der Waals surface area contributed by atoms with Crippen LogP contribution in [0.3, 0.4) is 0 Å². The van der Waals surface area contributed by atoms with E-state index in [1.165, 1.54) is 0 Å². The van der Waals surface area contributed by atoms with Crippen molar-refractivity contribution in [3.05, 3.63) is 24.1 Å². The third-order valence-electron chi connectivity index (χ3n) is 3.91. The minimum Gasteiger partial charge on any atom is -0.352 e. The molecule has 2 nitrogen and oxygen atoms in total. The van der Waals surface area contributed by atoms with Gasteiger partial charge in [-0.3, -0.25) is 0 Å². The van der Waals surface area contributed by atoms with Crippen molar-refractivity contribution in [2.45, 2.75) is 51.7 Å². The highest BCUT2D eigenvalue weighted by Crippen LogP contribution is 2.29. The predicted octanol–water partition coefficient (Wildman–Crippen LogP) is 4.38. The molecule has 0 bridgehead atoms. The normalized spacial score (nSPS) is 32.5. The average Bonchev–Trinajstić information content (AvgIpc) is 2.46. The van der Waals surface area contributed by atoms with E-state index < -0.39 is 0 Å². The van der Waals surface area contributed by atoms with Crippen LogP contribution in [0.1, 0.15) is 45.4 Å². The molecular weight excluding hydrogens is 243 g/mol. The first kappa shape index (κ1) is 14.7. The summed E-state index contributed by atoms with van der Waals surface area (Å²) in [5, 5.41) is 0. The zero-order chi connectivity index (χ0) is 13.5. The molecule has 1 aliphatic heterocycles. The van der Waals surface area contributed by atoms with Gasteiger partial charge < -0.3 is 9.47 Å². The van der Waals surface area contributed by atoms with E-state index in [-0.39, 0.29) is 12.1 Å². The van der Waals surface area contributed by atoms with Gasteiger partial charge in [0, 0.05) is 5.92 Å². The number of rotatable bonds is 5. The van der Waals surface area contributed by atoms with Crippen molar-refractivity contribution < 1.29 is 13.9 Å². The maximum absolute atomic E-state index is 12.9. The van der Waals surface area contributed by atoms with Crippen LogP contribution in [-0.2, 0) is 9.47 Å². The van der Waals surface area contributed by atoms with Crippen molar-refractivity contribution in [1.82, 2.24) is 0 Å². The molecule has 0 aromatic heterocycles. The molecule has 1 fully saturated rings. The van der Waals surface area contributed by atoms with E-state index in [2.05, 4.69) is 19.1 Å². The first-order chi connectivity index (χ1) is 9.28. The molecule has 1 unspecified atom stereocenters. The van der Waals surface area contributed by atoms with Crippen LogP contribution in [0.2, 0.25) is 0 Å². The van der Waals surface area contributed by atoms with Crippen molar-refractivity contribution in [3.8, 4) is 0 Å². The second kappa shape index (κ2) is 7.81. The fourth-order valence-electron chi connectivity index (χ4n) is 2.65. The van der Waals surface area contributed by atoms with Gasteiger partial charge >= 0.3 is 0 Å². The Morgan fingerprint density at radius 1 is 1.32 bits per heavy atom. The standard InChI is InChI=1S/C16H25FO2/c1-2-3-4-14-11-18-16(19-12-14)10-7-13-5-8-15(17)9-6-13/h3-4,8,13-14,16H,2,5-7,9-12H2,1H3. The molecule has 2 aliphatic rings. The molecular formula is C16H25FO2.